The van der Waals surface area contributed by atoms with Crippen molar-refractivity contribution in [2.75, 3.05) is 19.8 Å². The fraction of sp³-hybridized carbons (Fsp3) is 0.737. The zero-order chi connectivity index (χ0) is 51.7. The van der Waals surface area contributed by atoms with E-state index in [0.29, 0.717) is 6.42 Å². The highest BCUT2D eigenvalue weighted by Crippen LogP contribution is 2.30. The molecule has 0 saturated carbocycles. The number of aliphatic hydroxyl groups excluding tert-OH is 8. The van der Waals surface area contributed by atoms with E-state index in [1.165, 1.54) is 57.8 Å². The Morgan fingerprint density at radius 3 is 1.49 bits per heavy atom. The lowest BCUT2D eigenvalue weighted by Crippen LogP contribution is -2.65. The van der Waals surface area contributed by atoms with Crippen LogP contribution in [0.3, 0.4) is 0 Å². The Balaban J connectivity index is 1.68. The number of carbonyl (C=O) groups is 1. The Morgan fingerprint density at radius 1 is 0.521 bits per heavy atom. The van der Waals surface area contributed by atoms with Crippen molar-refractivity contribution in [3.05, 3.63) is 85.1 Å². The Morgan fingerprint density at radius 2 is 0.972 bits per heavy atom. The molecular formula is C57H97NO13. The zero-order valence-electron chi connectivity index (χ0n) is 43.4. The summed E-state index contributed by atoms with van der Waals surface area (Å²) in [4.78, 5) is 13.2. The number of nitrogens with one attached hydrogen (secondary N) is 1. The van der Waals surface area contributed by atoms with Gasteiger partial charge in [0.05, 0.1) is 32.0 Å². The second-order valence-electron chi connectivity index (χ2n) is 19.0. The maximum atomic E-state index is 13.2. The molecule has 0 spiro atoms. The molecule has 0 aromatic carbocycles. The van der Waals surface area contributed by atoms with Crippen molar-refractivity contribution in [2.45, 2.75) is 248 Å². The molecule has 1 amide bonds. The van der Waals surface area contributed by atoms with Gasteiger partial charge in [-0.3, -0.25) is 4.79 Å². The molecule has 12 unspecified atom stereocenters. The first-order valence-corrected chi connectivity index (χ1v) is 27.3. The van der Waals surface area contributed by atoms with Crippen LogP contribution >= 0.6 is 0 Å². The lowest BCUT2D eigenvalue weighted by atomic mass is 9.97. The van der Waals surface area contributed by atoms with E-state index < -0.39 is 86.8 Å². The number of amides is 1. The number of ether oxygens (including phenoxy) is 4. The molecule has 2 saturated heterocycles. The van der Waals surface area contributed by atoms with E-state index in [0.717, 1.165) is 89.9 Å². The van der Waals surface area contributed by atoms with Gasteiger partial charge in [-0.15, -0.1) is 0 Å². The minimum absolute atomic E-state index is 0.252. The Hall–Kier alpha value is -2.83. The summed E-state index contributed by atoms with van der Waals surface area (Å²) in [7, 11) is 0. The number of aliphatic hydroxyl groups is 8. The lowest BCUT2D eigenvalue weighted by molar-refractivity contribution is -0.359. The van der Waals surface area contributed by atoms with Crippen LogP contribution in [-0.4, -0.2) is 140 Å². The van der Waals surface area contributed by atoms with Crippen LogP contribution in [0.5, 0.6) is 0 Å². The molecule has 0 aliphatic carbocycles. The van der Waals surface area contributed by atoms with Crippen LogP contribution in [0.1, 0.15) is 174 Å². The molecule has 12 atom stereocenters. The van der Waals surface area contributed by atoms with Gasteiger partial charge in [0.25, 0.3) is 0 Å². The summed E-state index contributed by atoms with van der Waals surface area (Å²) in [6.45, 7) is 2.60. The van der Waals surface area contributed by atoms with Crippen molar-refractivity contribution in [3.8, 4) is 0 Å². The third-order valence-electron chi connectivity index (χ3n) is 12.8. The van der Waals surface area contributed by atoms with Gasteiger partial charge in [-0.25, -0.2) is 0 Å². The molecule has 9 N–H and O–H groups in total. The lowest BCUT2D eigenvalue weighted by Gasteiger charge is -2.46. The van der Waals surface area contributed by atoms with Gasteiger partial charge in [-0.1, -0.05) is 182 Å². The van der Waals surface area contributed by atoms with E-state index in [1.54, 1.807) is 6.08 Å². The third kappa shape index (κ3) is 29.0. The summed E-state index contributed by atoms with van der Waals surface area (Å²) in [5.41, 5.74) is 0. The summed E-state index contributed by atoms with van der Waals surface area (Å²) in [5.74, 6) is -0.252. The zero-order valence-corrected chi connectivity index (χ0v) is 43.4. The fourth-order valence-corrected chi connectivity index (χ4v) is 8.41. The van der Waals surface area contributed by atoms with Gasteiger partial charge in [-0.2, -0.15) is 0 Å². The van der Waals surface area contributed by atoms with Gasteiger partial charge in [0.2, 0.25) is 5.91 Å². The molecule has 408 valence electrons. The normalized spacial score (nSPS) is 26.5. The van der Waals surface area contributed by atoms with Gasteiger partial charge in [-0.05, 0) is 70.6 Å². The average Bonchev–Trinajstić information content (AvgIpc) is 3.37. The Labute approximate surface area is 427 Å². The molecular weight excluding hydrogens is 907 g/mol. The maximum absolute atomic E-state index is 13.2. The molecule has 0 bridgehead atoms. The van der Waals surface area contributed by atoms with E-state index in [-0.39, 0.29) is 18.9 Å². The molecule has 2 fully saturated rings. The quantitative estimate of drug-likeness (QED) is 0.0208. The van der Waals surface area contributed by atoms with Crippen molar-refractivity contribution >= 4 is 5.91 Å². The Bertz CT molecular complexity index is 1510. The van der Waals surface area contributed by atoms with E-state index in [4.69, 9.17) is 18.9 Å². The first-order valence-electron chi connectivity index (χ1n) is 27.3. The number of rotatable bonds is 41. The minimum Gasteiger partial charge on any atom is -0.394 e. The standard InChI is InChI=1S/C57H97NO13/c1-3-5-7-9-11-13-14-15-16-17-18-19-20-21-22-23-24-25-26-27-28-29-30-31-32-33-35-37-39-41-49(62)58-45(46(61)40-38-36-34-12-10-8-6-4-2)44-68-56-54(67)52(65)55(48(43-60)70-56)71-57-53(66)51(64)50(63)47(42-59)69-57/h5,7,11,13,15-16,18-19,21-22,24-25,38,40,45-48,50-57,59-61,63-67H,3-4,6,8-10,12,14,17,20,23,26-37,39,41-44H2,1-2H3,(H,58,62)/b7-5-,13-11-,16-15-,19-18-,22-21-,25-24-,40-38+. The summed E-state index contributed by atoms with van der Waals surface area (Å²) in [6.07, 6.45) is 39.4. The van der Waals surface area contributed by atoms with E-state index in [1.807, 2.05) is 6.08 Å². The number of carbonyl (C=O) groups excluding carboxylic acids is 1. The predicted molar refractivity (Wildman–Crippen MR) is 281 cm³/mol. The smallest absolute Gasteiger partial charge is 0.220 e. The molecule has 0 aromatic heterocycles. The van der Waals surface area contributed by atoms with Gasteiger partial charge < -0.3 is 65.1 Å². The SMILES string of the molecule is CC/C=C\C/C=C\C/C=C\C/C=C\C/C=C\C/C=C\CCCCCCCCCCCCC(=O)NC(COC1OC(CO)C(OC2OC(CO)C(O)C(O)C2O)C(O)C1O)C(O)/C=C/CCCCCCCC. The largest absolute Gasteiger partial charge is 0.394 e. The van der Waals surface area contributed by atoms with Crippen molar-refractivity contribution < 1.29 is 64.6 Å². The molecule has 2 aliphatic heterocycles. The summed E-state index contributed by atoms with van der Waals surface area (Å²) >= 11 is 0. The molecule has 0 aromatic rings. The molecule has 14 nitrogen and oxygen atoms in total. The first kappa shape index (κ1) is 64.3. The number of allylic oxidation sites excluding steroid dienone is 13. The van der Waals surface area contributed by atoms with Crippen LogP contribution in [0, 0.1) is 0 Å². The van der Waals surface area contributed by atoms with E-state index in [9.17, 15) is 45.6 Å². The van der Waals surface area contributed by atoms with Gasteiger partial charge in [0.15, 0.2) is 12.6 Å². The molecule has 14 heteroatoms. The van der Waals surface area contributed by atoms with E-state index in [2.05, 4.69) is 92.1 Å². The van der Waals surface area contributed by atoms with Crippen LogP contribution in [0.4, 0.5) is 0 Å². The summed E-state index contributed by atoms with van der Waals surface area (Å²) in [6, 6.07) is -0.919. The van der Waals surface area contributed by atoms with E-state index >= 15 is 0 Å². The Kier molecular flexibility index (Phi) is 38.5. The fourth-order valence-electron chi connectivity index (χ4n) is 8.41. The number of unbranched alkanes of at least 4 members (excludes halogenated alkanes) is 16. The summed E-state index contributed by atoms with van der Waals surface area (Å²) in [5, 5.41) is 86.6. The highest BCUT2D eigenvalue weighted by Gasteiger charge is 2.51. The van der Waals surface area contributed by atoms with Gasteiger partial charge in [0, 0.05) is 6.42 Å². The first-order chi connectivity index (χ1) is 34.6. The maximum Gasteiger partial charge on any atom is 0.220 e. The van der Waals surface area contributed by atoms with Crippen molar-refractivity contribution in [2.24, 2.45) is 0 Å². The van der Waals surface area contributed by atoms with Crippen LogP contribution in [0.15, 0.2) is 85.1 Å². The van der Waals surface area contributed by atoms with Crippen LogP contribution < -0.4 is 5.32 Å². The minimum atomic E-state index is -1.79. The summed E-state index contributed by atoms with van der Waals surface area (Å²) < 4.78 is 22.6. The number of hydrogen-bond donors (Lipinski definition) is 9. The van der Waals surface area contributed by atoms with Gasteiger partial charge >= 0.3 is 0 Å². The average molecular weight is 1000 g/mol. The number of hydrogen-bond acceptors (Lipinski definition) is 13. The van der Waals surface area contributed by atoms with Crippen molar-refractivity contribution in [3.63, 3.8) is 0 Å². The van der Waals surface area contributed by atoms with Crippen LogP contribution in [0.2, 0.25) is 0 Å². The van der Waals surface area contributed by atoms with Gasteiger partial charge in [0.1, 0.15) is 48.8 Å². The predicted octanol–water partition coefficient (Wildman–Crippen LogP) is 8.16. The molecule has 71 heavy (non-hydrogen) atoms. The molecule has 0 radical (unpaired) electrons. The highest BCUT2D eigenvalue weighted by atomic mass is 16.7. The molecule has 2 aliphatic rings. The van der Waals surface area contributed by atoms with Crippen molar-refractivity contribution in [1.29, 1.82) is 0 Å². The van der Waals surface area contributed by atoms with Crippen LogP contribution in [0.25, 0.3) is 0 Å². The monoisotopic (exact) mass is 1000 g/mol. The van der Waals surface area contributed by atoms with Crippen LogP contribution in [-0.2, 0) is 23.7 Å². The topological polar surface area (TPSA) is 228 Å². The molecule has 2 rings (SSSR count). The van der Waals surface area contributed by atoms with Crippen molar-refractivity contribution in [1.82, 2.24) is 5.32 Å². The third-order valence-corrected chi connectivity index (χ3v) is 12.8. The second-order valence-corrected chi connectivity index (χ2v) is 19.0. The molecule has 2 heterocycles. The highest BCUT2D eigenvalue weighted by molar-refractivity contribution is 5.76. The second kappa shape index (κ2) is 42.5.